The van der Waals surface area contributed by atoms with Crippen molar-refractivity contribution in [2.45, 2.75) is 6.92 Å². The Bertz CT molecular complexity index is 380. The van der Waals surface area contributed by atoms with Gasteiger partial charge in [0, 0.05) is 5.56 Å². The number of nitrogens with zero attached hydrogens (tertiary/aromatic N) is 2. The molecule has 0 heterocycles. The quantitative estimate of drug-likeness (QED) is 0.649. The van der Waals surface area contributed by atoms with E-state index >= 15 is 0 Å². The van der Waals surface area contributed by atoms with Crippen LogP contribution in [0.2, 0.25) is 0 Å². The van der Waals surface area contributed by atoms with Crippen molar-refractivity contribution in [1.82, 2.24) is 0 Å². The topological polar surface area (TPSA) is 62.4 Å². The molecule has 0 unspecified atom stereocenters. The molecule has 0 aliphatic carbocycles. The third-order valence-electron chi connectivity index (χ3n) is 1.80. The molecule has 13 heavy (non-hydrogen) atoms. The zero-order valence-corrected chi connectivity index (χ0v) is 7.37. The summed E-state index contributed by atoms with van der Waals surface area (Å²) in [5, 5.41) is 11.5. The van der Waals surface area contributed by atoms with Crippen molar-refractivity contribution in [2.24, 2.45) is 5.18 Å². The van der Waals surface area contributed by atoms with Gasteiger partial charge in [-0.15, -0.1) is 4.91 Å². The number of nitriles is 1. The molecule has 0 aliphatic rings. The molecule has 0 aliphatic heterocycles. The van der Waals surface area contributed by atoms with Gasteiger partial charge in [0.1, 0.15) is 17.5 Å². The first-order valence-corrected chi connectivity index (χ1v) is 3.65. The van der Waals surface area contributed by atoms with Crippen LogP contribution in [0.15, 0.2) is 17.3 Å². The van der Waals surface area contributed by atoms with E-state index in [0.717, 1.165) is 0 Å². The van der Waals surface area contributed by atoms with Gasteiger partial charge in [-0.2, -0.15) is 5.26 Å². The summed E-state index contributed by atoms with van der Waals surface area (Å²) in [7, 11) is 1.46. The van der Waals surface area contributed by atoms with Crippen LogP contribution in [0.25, 0.3) is 0 Å². The molecule has 1 aromatic carbocycles. The van der Waals surface area contributed by atoms with Crippen molar-refractivity contribution >= 4 is 5.69 Å². The van der Waals surface area contributed by atoms with E-state index in [4.69, 9.17) is 10.00 Å². The van der Waals surface area contributed by atoms with Gasteiger partial charge in [-0.3, -0.25) is 0 Å². The van der Waals surface area contributed by atoms with Gasteiger partial charge in [0.05, 0.1) is 12.7 Å². The highest BCUT2D eigenvalue weighted by atomic mass is 16.5. The lowest BCUT2D eigenvalue weighted by Gasteiger charge is -2.06. The molecule has 0 aromatic heterocycles. The van der Waals surface area contributed by atoms with Crippen molar-refractivity contribution < 1.29 is 4.74 Å². The van der Waals surface area contributed by atoms with Crippen LogP contribution in [0.4, 0.5) is 5.69 Å². The van der Waals surface area contributed by atoms with Crippen LogP contribution in [0.1, 0.15) is 11.1 Å². The second-order valence-electron chi connectivity index (χ2n) is 2.49. The molecule has 66 valence electrons. The second-order valence-corrected chi connectivity index (χ2v) is 2.49. The van der Waals surface area contributed by atoms with Gasteiger partial charge >= 0.3 is 0 Å². The third kappa shape index (κ3) is 1.49. The average Bonchev–Trinajstić information content (AvgIpc) is 2.17. The van der Waals surface area contributed by atoms with Crippen molar-refractivity contribution in [1.29, 1.82) is 5.26 Å². The number of methoxy groups -OCH3 is 1. The zero-order valence-electron chi connectivity index (χ0n) is 7.37. The first kappa shape index (κ1) is 9.20. The first-order chi connectivity index (χ1) is 6.24. The Labute approximate surface area is 75.7 Å². The molecule has 0 N–H and O–H groups in total. The second kappa shape index (κ2) is 3.68. The number of nitroso groups, excluding NO2 is 1. The number of benzene rings is 1. The summed E-state index contributed by atoms with van der Waals surface area (Å²) in [6.07, 6.45) is 0. The molecular weight excluding hydrogens is 168 g/mol. The standard InChI is InChI=1S/C9H8N2O2/c1-6-8(11-12)4-3-7(5-10)9(6)13-2/h3-4H,1-2H3. The van der Waals surface area contributed by atoms with E-state index in [1.807, 2.05) is 6.07 Å². The Morgan fingerprint density at radius 3 is 2.69 bits per heavy atom. The lowest BCUT2D eigenvalue weighted by molar-refractivity contribution is 0.410. The Morgan fingerprint density at radius 1 is 1.54 bits per heavy atom. The molecule has 1 aromatic rings. The molecule has 0 saturated heterocycles. The van der Waals surface area contributed by atoms with Crippen molar-refractivity contribution in [3.8, 4) is 11.8 Å². The third-order valence-corrected chi connectivity index (χ3v) is 1.80. The predicted octanol–water partition coefficient (Wildman–Crippen LogP) is 2.27. The average molecular weight is 176 g/mol. The fourth-order valence-corrected chi connectivity index (χ4v) is 1.13. The minimum absolute atomic E-state index is 0.302. The lowest BCUT2D eigenvalue weighted by atomic mass is 10.1. The fraction of sp³-hybridized carbons (Fsp3) is 0.222. The minimum atomic E-state index is 0.302. The number of hydrogen-bond acceptors (Lipinski definition) is 4. The highest BCUT2D eigenvalue weighted by Crippen LogP contribution is 2.30. The Morgan fingerprint density at radius 2 is 2.23 bits per heavy atom. The van der Waals surface area contributed by atoms with E-state index < -0.39 is 0 Å². The van der Waals surface area contributed by atoms with E-state index in [-0.39, 0.29) is 0 Å². The molecule has 4 nitrogen and oxygen atoms in total. The monoisotopic (exact) mass is 176 g/mol. The van der Waals surface area contributed by atoms with Gasteiger partial charge in [-0.05, 0) is 24.2 Å². The molecule has 4 heteroatoms. The maximum Gasteiger partial charge on any atom is 0.141 e. The Kier molecular flexibility index (Phi) is 2.60. The minimum Gasteiger partial charge on any atom is -0.495 e. The molecule has 0 saturated carbocycles. The van der Waals surface area contributed by atoms with E-state index in [9.17, 15) is 4.91 Å². The first-order valence-electron chi connectivity index (χ1n) is 3.65. The van der Waals surface area contributed by atoms with E-state index in [2.05, 4.69) is 5.18 Å². The molecule has 0 bridgehead atoms. The molecule has 1 rings (SSSR count). The van der Waals surface area contributed by atoms with E-state index in [1.165, 1.54) is 19.2 Å². The van der Waals surface area contributed by atoms with Crippen LogP contribution in [0, 0.1) is 23.2 Å². The summed E-state index contributed by atoms with van der Waals surface area (Å²) in [5.74, 6) is 0.416. The van der Waals surface area contributed by atoms with Crippen molar-refractivity contribution in [3.05, 3.63) is 28.2 Å². The summed E-state index contributed by atoms with van der Waals surface area (Å²) in [6, 6.07) is 4.99. The molecule has 0 atom stereocenters. The van der Waals surface area contributed by atoms with Crippen LogP contribution in [0.5, 0.6) is 5.75 Å². The summed E-state index contributed by atoms with van der Waals surface area (Å²) >= 11 is 0. The predicted molar refractivity (Wildman–Crippen MR) is 47.9 cm³/mol. The summed E-state index contributed by atoms with van der Waals surface area (Å²) in [4.78, 5) is 10.3. The Balaban J connectivity index is 3.42. The van der Waals surface area contributed by atoms with Crippen LogP contribution in [-0.2, 0) is 0 Å². The highest BCUT2D eigenvalue weighted by molar-refractivity contribution is 5.59. The van der Waals surface area contributed by atoms with Gasteiger partial charge in [-0.25, -0.2) is 0 Å². The molecule has 0 radical (unpaired) electrons. The largest absolute Gasteiger partial charge is 0.495 e. The summed E-state index contributed by atoms with van der Waals surface area (Å²) < 4.78 is 4.99. The van der Waals surface area contributed by atoms with Gasteiger partial charge in [-0.1, -0.05) is 0 Å². The van der Waals surface area contributed by atoms with Crippen LogP contribution in [0.3, 0.4) is 0 Å². The molecular formula is C9H8N2O2. The van der Waals surface area contributed by atoms with Gasteiger partial charge in [0.15, 0.2) is 0 Å². The zero-order chi connectivity index (χ0) is 9.84. The smallest absolute Gasteiger partial charge is 0.141 e. The van der Waals surface area contributed by atoms with E-state index in [1.54, 1.807) is 6.92 Å². The fourth-order valence-electron chi connectivity index (χ4n) is 1.13. The maximum atomic E-state index is 10.3. The highest BCUT2D eigenvalue weighted by Gasteiger charge is 2.09. The van der Waals surface area contributed by atoms with E-state index in [0.29, 0.717) is 22.6 Å². The van der Waals surface area contributed by atoms with Gasteiger partial charge in [0.2, 0.25) is 0 Å². The normalized spacial score (nSPS) is 9.00. The van der Waals surface area contributed by atoms with Gasteiger partial charge < -0.3 is 4.74 Å². The lowest BCUT2D eigenvalue weighted by Crippen LogP contribution is -1.91. The van der Waals surface area contributed by atoms with Crippen molar-refractivity contribution in [3.63, 3.8) is 0 Å². The number of hydrogen-bond donors (Lipinski definition) is 0. The summed E-state index contributed by atoms with van der Waals surface area (Å²) in [5.41, 5.74) is 1.31. The maximum absolute atomic E-state index is 10.3. The number of ether oxygens (including phenoxy) is 1. The Hall–Kier alpha value is -1.89. The van der Waals surface area contributed by atoms with Crippen LogP contribution in [-0.4, -0.2) is 7.11 Å². The molecule has 0 spiro atoms. The molecule has 0 amide bonds. The summed E-state index contributed by atoms with van der Waals surface area (Å²) in [6.45, 7) is 1.69. The van der Waals surface area contributed by atoms with Crippen molar-refractivity contribution in [2.75, 3.05) is 7.11 Å². The van der Waals surface area contributed by atoms with Crippen LogP contribution >= 0.6 is 0 Å². The van der Waals surface area contributed by atoms with Gasteiger partial charge in [0.25, 0.3) is 0 Å². The molecule has 0 fully saturated rings. The SMILES string of the molecule is COc1c(C#N)ccc(N=O)c1C. The van der Waals surface area contributed by atoms with Crippen LogP contribution < -0.4 is 4.74 Å². The number of rotatable bonds is 2.